The van der Waals surface area contributed by atoms with Gasteiger partial charge in [0.25, 0.3) is 0 Å². The largest absolute Gasteiger partial charge is 0.465 e. The third-order valence-electron chi connectivity index (χ3n) is 5.90. The number of anilines is 1. The van der Waals surface area contributed by atoms with Gasteiger partial charge in [0.15, 0.2) is 0 Å². The lowest BCUT2D eigenvalue weighted by Crippen LogP contribution is -2.46. The summed E-state index contributed by atoms with van der Waals surface area (Å²) in [5, 5.41) is 1.10. The highest BCUT2D eigenvalue weighted by Crippen LogP contribution is 2.22. The summed E-state index contributed by atoms with van der Waals surface area (Å²) in [6, 6.07) is 12.5. The number of nitrogens with one attached hydrogen (secondary N) is 1. The number of piperazine rings is 1. The molecule has 2 heterocycles. The van der Waals surface area contributed by atoms with Crippen LogP contribution in [0.1, 0.15) is 28.8 Å². The third kappa shape index (κ3) is 4.65. The van der Waals surface area contributed by atoms with E-state index in [9.17, 15) is 9.18 Å². The molecule has 0 unspecified atom stereocenters. The second kappa shape index (κ2) is 9.30. The number of fused-ring (bicyclic) bond motifs is 1. The van der Waals surface area contributed by atoms with Crippen LogP contribution in [0.15, 0.2) is 48.7 Å². The third-order valence-corrected chi connectivity index (χ3v) is 5.90. The Morgan fingerprint density at radius 1 is 1.10 bits per heavy atom. The Kier molecular flexibility index (Phi) is 6.33. The molecule has 0 bridgehead atoms. The first kappa shape index (κ1) is 20.4. The van der Waals surface area contributed by atoms with E-state index in [1.165, 1.54) is 18.7 Å². The molecule has 158 valence electrons. The summed E-state index contributed by atoms with van der Waals surface area (Å²) >= 11 is 0. The number of benzene rings is 2. The smallest absolute Gasteiger partial charge is 0.337 e. The number of methoxy groups -OCH3 is 1. The quantitative estimate of drug-likeness (QED) is 0.468. The van der Waals surface area contributed by atoms with Crippen molar-refractivity contribution in [1.82, 2.24) is 9.88 Å². The van der Waals surface area contributed by atoms with Gasteiger partial charge in [0, 0.05) is 49.0 Å². The average Bonchev–Trinajstić information content (AvgIpc) is 3.19. The van der Waals surface area contributed by atoms with E-state index in [1.54, 1.807) is 18.2 Å². The maximum Gasteiger partial charge on any atom is 0.337 e. The van der Waals surface area contributed by atoms with Gasteiger partial charge in [0.2, 0.25) is 0 Å². The topological polar surface area (TPSA) is 48.6 Å². The number of aryl methyl sites for hydroxylation is 1. The summed E-state index contributed by atoms with van der Waals surface area (Å²) in [5.74, 6) is -0.479. The second-order valence-electron chi connectivity index (χ2n) is 7.83. The fraction of sp³-hybridized carbons (Fsp3) is 0.375. The second-order valence-corrected chi connectivity index (χ2v) is 7.83. The Bertz CT molecular complexity index is 1010. The first-order valence-corrected chi connectivity index (χ1v) is 10.6. The Morgan fingerprint density at radius 3 is 2.70 bits per heavy atom. The Labute approximate surface area is 176 Å². The van der Waals surface area contributed by atoms with Gasteiger partial charge in [-0.3, -0.25) is 4.90 Å². The number of hydrogen-bond donors (Lipinski definition) is 1. The predicted molar refractivity (Wildman–Crippen MR) is 118 cm³/mol. The highest BCUT2D eigenvalue weighted by molar-refractivity contribution is 5.95. The molecule has 6 heteroatoms. The summed E-state index contributed by atoms with van der Waals surface area (Å²) in [7, 11) is 1.41. The minimum Gasteiger partial charge on any atom is -0.465 e. The number of rotatable bonds is 7. The van der Waals surface area contributed by atoms with Crippen LogP contribution in [0.4, 0.5) is 10.1 Å². The molecular weight excluding hydrogens is 381 g/mol. The number of nitrogens with zero attached hydrogens (tertiary/aromatic N) is 2. The van der Waals surface area contributed by atoms with Crippen molar-refractivity contribution in [2.45, 2.75) is 19.3 Å². The molecule has 0 radical (unpaired) electrons. The molecule has 1 aromatic heterocycles. The van der Waals surface area contributed by atoms with Crippen LogP contribution in [0.3, 0.4) is 0 Å². The molecule has 2 aromatic carbocycles. The normalized spacial score (nSPS) is 14.9. The highest BCUT2D eigenvalue weighted by Gasteiger charge is 2.17. The summed E-state index contributed by atoms with van der Waals surface area (Å²) < 4.78 is 18.3. The van der Waals surface area contributed by atoms with Crippen LogP contribution in [0.25, 0.3) is 10.9 Å². The lowest BCUT2D eigenvalue weighted by molar-refractivity contribution is 0.0601. The van der Waals surface area contributed by atoms with Gasteiger partial charge in [0.1, 0.15) is 5.82 Å². The van der Waals surface area contributed by atoms with Crippen LogP contribution in [0, 0.1) is 5.82 Å². The van der Waals surface area contributed by atoms with Gasteiger partial charge < -0.3 is 14.6 Å². The summed E-state index contributed by atoms with van der Waals surface area (Å²) in [4.78, 5) is 19.8. The minimum absolute atomic E-state index is 0.175. The number of ether oxygens (including phenoxy) is 1. The van der Waals surface area contributed by atoms with E-state index >= 15 is 0 Å². The number of esters is 1. The summed E-state index contributed by atoms with van der Waals surface area (Å²) in [5.41, 5.74) is 3.85. The van der Waals surface area contributed by atoms with E-state index in [-0.39, 0.29) is 11.8 Å². The number of carbonyl (C=O) groups is 1. The molecule has 4 rings (SSSR count). The van der Waals surface area contributed by atoms with Crippen LogP contribution in [-0.4, -0.2) is 55.7 Å². The molecule has 1 saturated heterocycles. The molecule has 0 amide bonds. The Morgan fingerprint density at radius 2 is 1.93 bits per heavy atom. The standard InChI is InChI=1S/C24H28FN3O2/c1-30-24(29)18-8-9-23-22(15-18)19(17-26-23)5-2-3-10-27-11-13-28(14-12-27)21-7-4-6-20(25)16-21/h4,6-9,15-17,26H,2-3,5,10-14H2,1H3. The van der Waals surface area contributed by atoms with E-state index in [2.05, 4.69) is 14.8 Å². The molecule has 0 saturated carbocycles. The molecule has 5 nitrogen and oxygen atoms in total. The van der Waals surface area contributed by atoms with Crippen molar-refractivity contribution in [2.75, 3.05) is 44.7 Å². The van der Waals surface area contributed by atoms with Crippen molar-refractivity contribution in [3.8, 4) is 0 Å². The molecule has 1 aliphatic heterocycles. The summed E-state index contributed by atoms with van der Waals surface area (Å²) in [6.45, 7) is 4.95. The fourth-order valence-electron chi connectivity index (χ4n) is 4.18. The zero-order valence-corrected chi connectivity index (χ0v) is 17.4. The molecule has 0 atom stereocenters. The number of unbranched alkanes of at least 4 members (excludes halogenated alkanes) is 1. The van der Waals surface area contributed by atoms with Crippen molar-refractivity contribution in [3.05, 3.63) is 65.6 Å². The zero-order chi connectivity index (χ0) is 20.9. The molecule has 0 aliphatic carbocycles. The minimum atomic E-state index is -0.304. The number of aromatic nitrogens is 1. The molecule has 3 aromatic rings. The molecule has 1 aliphatic rings. The van der Waals surface area contributed by atoms with Gasteiger partial charge in [-0.2, -0.15) is 0 Å². The molecular formula is C24H28FN3O2. The fourth-order valence-corrected chi connectivity index (χ4v) is 4.18. The maximum absolute atomic E-state index is 13.4. The SMILES string of the molecule is COC(=O)c1ccc2[nH]cc(CCCCN3CCN(c4cccc(F)c4)CC3)c2c1. The van der Waals surface area contributed by atoms with Crippen molar-refractivity contribution in [2.24, 2.45) is 0 Å². The molecule has 0 spiro atoms. The monoisotopic (exact) mass is 409 g/mol. The van der Waals surface area contributed by atoms with E-state index in [4.69, 9.17) is 4.74 Å². The van der Waals surface area contributed by atoms with Gasteiger partial charge in [0.05, 0.1) is 12.7 Å². The summed E-state index contributed by atoms with van der Waals surface area (Å²) in [6.07, 6.45) is 5.25. The van der Waals surface area contributed by atoms with Crippen molar-refractivity contribution >= 4 is 22.6 Å². The van der Waals surface area contributed by atoms with Crippen molar-refractivity contribution in [1.29, 1.82) is 0 Å². The number of hydrogen-bond acceptors (Lipinski definition) is 4. The Balaban J connectivity index is 1.24. The van der Waals surface area contributed by atoms with Crippen LogP contribution in [-0.2, 0) is 11.2 Å². The van der Waals surface area contributed by atoms with E-state index in [0.29, 0.717) is 5.56 Å². The lowest BCUT2D eigenvalue weighted by atomic mass is 10.0. The number of carbonyl (C=O) groups excluding carboxylic acids is 1. The van der Waals surface area contributed by atoms with Gasteiger partial charge in [-0.05, 0) is 67.8 Å². The highest BCUT2D eigenvalue weighted by atomic mass is 19.1. The molecule has 30 heavy (non-hydrogen) atoms. The zero-order valence-electron chi connectivity index (χ0n) is 17.4. The van der Waals surface area contributed by atoms with Gasteiger partial charge in [-0.15, -0.1) is 0 Å². The first-order valence-electron chi connectivity index (χ1n) is 10.6. The maximum atomic E-state index is 13.4. The van der Waals surface area contributed by atoms with E-state index in [0.717, 1.165) is 68.6 Å². The Hall–Kier alpha value is -2.86. The predicted octanol–water partition coefficient (Wildman–Crippen LogP) is 4.24. The van der Waals surface area contributed by atoms with Gasteiger partial charge in [-0.25, -0.2) is 9.18 Å². The van der Waals surface area contributed by atoms with Gasteiger partial charge in [-0.1, -0.05) is 6.07 Å². The van der Waals surface area contributed by atoms with Gasteiger partial charge >= 0.3 is 5.97 Å². The van der Waals surface area contributed by atoms with E-state index < -0.39 is 0 Å². The van der Waals surface area contributed by atoms with Crippen LogP contribution in [0.5, 0.6) is 0 Å². The van der Waals surface area contributed by atoms with Crippen molar-refractivity contribution < 1.29 is 13.9 Å². The molecule has 1 N–H and O–H groups in total. The average molecular weight is 410 g/mol. The van der Waals surface area contributed by atoms with E-state index in [1.807, 2.05) is 24.4 Å². The van der Waals surface area contributed by atoms with Crippen LogP contribution < -0.4 is 4.90 Å². The number of halogens is 1. The lowest BCUT2D eigenvalue weighted by Gasteiger charge is -2.36. The number of H-pyrrole nitrogens is 1. The molecule has 1 fully saturated rings. The van der Waals surface area contributed by atoms with Crippen LogP contribution >= 0.6 is 0 Å². The van der Waals surface area contributed by atoms with Crippen LogP contribution in [0.2, 0.25) is 0 Å². The van der Waals surface area contributed by atoms with Crippen molar-refractivity contribution in [3.63, 3.8) is 0 Å². The first-order chi connectivity index (χ1) is 14.6. The number of aromatic amines is 1.